The molecule has 0 bridgehead atoms. The van der Waals surface area contributed by atoms with Crippen LogP contribution in [0.2, 0.25) is 0 Å². The first-order chi connectivity index (χ1) is 16.1. The largest absolute Gasteiger partial charge is 0.465 e. The SMILES string of the molecule is CCCCN1C=CC(OCc2ccc(-c3ccccc3C(=O)OC)cc2)C2=C1CCC(C)C2. The molecule has 33 heavy (non-hydrogen) atoms. The Hall–Kier alpha value is -2.85. The molecule has 0 saturated carbocycles. The van der Waals surface area contributed by atoms with E-state index in [9.17, 15) is 4.79 Å². The normalized spacial score (nSPS) is 20.0. The van der Waals surface area contributed by atoms with Crippen LogP contribution in [0, 0.1) is 5.92 Å². The molecule has 0 radical (unpaired) electrons. The zero-order valence-electron chi connectivity index (χ0n) is 20.0. The van der Waals surface area contributed by atoms with Crippen LogP contribution in [-0.2, 0) is 16.1 Å². The Morgan fingerprint density at radius 2 is 1.91 bits per heavy atom. The molecule has 2 atom stereocenters. The van der Waals surface area contributed by atoms with Gasteiger partial charge >= 0.3 is 5.97 Å². The van der Waals surface area contributed by atoms with Gasteiger partial charge in [-0.25, -0.2) is 4.79 Å². The highest BCUT2D eigenvalue weighted by Crippen LogP contribution is 2.37. The maximum Gasteiger partial charge on any atom is 0.338 e. The van der Waals surface area contributed by atoms with Crippen molar-refractivity contribution in [2.75, 3.05) is 13.7 Å². The predicted molar refractivity (Wildman–Crippen MR) is 133 cm³/mol. The summed E-state index contributed by atoms with van der Waals surface area (Å²) in [5, 5.41) is 0. The maximum atomic E-state index is 12.1. The number of hydrogen-bond acceptors (Lipinski definition) is 4. The summed E-state index contributed by atoms with van der Waals surface area (Å²) in [4.78, 5) is 14.6. The molecule has 0 fully saturated rings. The molecule has 1 aliphatic heterocycles. The van der Waals surface area contributed by atoms with E-state index in [1.807, 2.05) is 18.2 Å². The topological polar surface area (TPSA) is 38.8 Å². The second-order valence-corrected chi connectivity index (χ2v) is 9.17. The zero-order chi connectivity index (χ0) is 23.2. The minimum absolute atomic E-state index is 0.0559. The van der Waals surface area contributed by atoms with E-state index in [1.54, 1.807) is 6.07 Å². The van der Waals surface area contributed by atoms with Gasteiger partial charge in [-0.3, -0.25) is 0 Å². The summed E-state index contributed by atoms with van der Waals surface area (Å²) in [6, 6.07) is 15.8. The van der Waals surface area contributed by atoms with Crippen molar-refractivity contribution in [3.8, 4) is 11.1 Å². The third-order valence-corrected chi connectivity index (χ3v) is 6.72. The van der Waals surface area contributed by atoms with Crippen molar-refractivity contribution in [1.82, 2.24) is 4.90 Å². The Bertz CT molecular complexity index is 1020. The Labute approximate surface area is 197 Å². The highest BCUT2D eigenvalue weighted by molar-refractivity contribution is 5.97. The Morgan fingerprint density at radius 1 is 1.12 bits per heavy atom. The van der Waals surface area contributed by atoms with Crippen molar-refractivity contribution < 1.29 is 14.3 Å². The second kappa shape index (κ2) is 10.8. The third kappa shape index (κ3) is 5.39. The summed E-state index contributed by atoms with van der Waals surface area (Å²) < 4.78 is 11.4. The van der Waals surface area contributed by atoms with Gasteiger partial charge in [0.15, 0.2) is 0 Å². The molecule has 2 unspecified atom stereocenters. The fraction of sp³-hybridized carbons (Fsp3) is 0.414. The molecule has 4 heteroatoms. The van der Waals surface area contributed by atoms with E-state index >= 15 is 0 Å². The molecular formula is C29H35NO3. The summed E-state index contributed by atoms with van der Waals surface area (Å²) in [5.41, 5.74) is 6.54. The summed E-state index contributed by atoms with van der Waals surface area (Å²) in [5.74, 6) is 0.393. The predicted octanol–water partition coefficient (Wildman–Crippen LogP) is 6.73. The summed E-state index contributed by atoms with van der Waals surface area (Å²) in [6.07, 6.45) is 10.5. The van der Waals surface area contributed by atoms with Crippen molar-refractivity contribution in [1.29, 1.82) is 0 Å². The number of rotatable bonds is 8. The van der Waals surface area contributed by atoms with E-state index in [2.05, 4.69) is 55.3 Å². The number of hydrogen-bond donors (Lipinski definition) is 0. The molecule has 2 aliphatic rings. The van der Waals surface area contributed by atoms with Crippen molar-refractivity contribution in [2.24, 2.45) is 5.92 Å². The molecule has 1 heterocycles. The molecule has 0 amide bonds. The maximum absolute atomic E-state index is 12.1. The van der Waals surface area contributed by atoms with Gasteiger partial charge in [-0.15, -0.1) is 0 Å². The average molecular weight is 446 g/mol. The molecule has 2 aromatic carbocycles. The van der Waals surface area contributed by atoms with Gasteiger partial charge in [0.05, 0.1) is 19.3 Å². The lowest BCUT2D eigenvalue weighted by Gasteiger charge is -2.38. The van der Waals surface area contributed by atoms with Crippen LogP contribution in [0.25, 0.3) is 11.1 Å². The molecule has 0 N–H and O–H groups in total. The van der Waals surface area contributed by atoms with Gasteiger partial charge in [0.25, 0.3) is 0 Å². The van der Waals surface area contributed by atoms with Gasteiger partial charge in [0, 0.05) is 18.4 Å². The van der Waals surface area contributed by atoms with Gasteiger partial charge in [-0.2, -0.15) is 0 Å². The minimum atomic E-state index is -0.319. The first-order valence-electron chi connectivity index (χ1n) is 12.2. The van der Waals surface area contributed by atoms with E-state index < -0.39 is 0 Å². The number of unbranched alkanes of at least 4 members (excludes halogenated alkanes) is 1. The van der Waals surface area contributed by atoms with Gasteiger partial charge in [0.2, 0.25) is 0 Å². The number of methoxy groups -OCH3 is 1. The van der Waals surface area contributed by atoms with Crippen LogP contribution in [0.4, 0.5) is 0 Å². The van der Waals surface area contributed by atoms with Crippen molar-refractivity contribution in [2.45, 2.75) is 58.7 Å². The van der Waals surface area contributed by atoms with Crippen LogP contribution in [0.15, 0.2) is 72.1 Å². The lowest BCUT2D eigenvalue weighted by atomic mass is 9.83. The minimum Gasteiger partial charge on any atom is -0.465 e. The Kier molecular flexibility index (Phi) is 7.66. The van der Waals surface area contributed by atoms with Crippen molar-refractivity contribution >= 4 is 5.97 Å². The Balaban J connectivity index is 1.46. The second-order valence-electron chi connectivity index (χ2n) is 9.17. The molecular weight excluding hydrogens is 410 g/mol. The van der Waals surface area contributed by atoms with Crippen LogP contribution < -0.4 is 0 Å². The van der Waals surface area contributed by atoms with Crippen LogP contribution >= 0.6 is 0 Å². The summed E-state index contributed by atoms with van der Waals surface area (Å²) in [6.45, 7) is 6.26. The molecule has 174 valence electrons. The van der Waals surface area contributed by atoms with E-state index in [1.165, 1.54) is 37.6 Å². The summed E-state index contributed by atoms with van der Waals surface area (Å²) >= 11 is 0. The highest BCUT2D eigenvalue weighted by atomic mass is 16.5. The number of ether oxygens (including phenoxy) is 2. The average Bonchev–Trinajstić information content (AvgIpc) is 2.86. The van der Waals surface area contributed by atoms with Gasteiger partial charge in [0.1, 0.15) is 6.10 Å². The van der Waals surface area contributed by atoms with E-state index in [0.717, 1.165) is 36.1 Å². The monoisotopic (exact) mass is 445 g/mol. The number of carbonyl (C=O) groups excluding carboxylic acids is 1. The van der Waals surface area contributed by atoms with Crippen molar-refractivity contribution in [3.63, 3.8) is 0 Å². The van der Waals surface area contributed by atoms with E-state index in [0.29, 0.717) is 18.1 Å². The van der Waals surface area contributed by atoms with E-state index in [-0.39, 0.29) is 12.1 Å². The molecule has 0 aromatic heterocycles. The smallest absolute Gasteiger partial charge is 0.338 e. The van der Waals surface area contributed by atoms with Crippen LogP contribution in [-0.4, -0.2) is 30.6 Å². The van der Waals surface area contributed by atoms with Crippen LogP contribution in [0.3, 0.4) is 0 Å². The highest BCUT2D eigenvalue weighted by Gasteiger charge is 2.29. The fourth-order valence-corrected chi connectivity index (χ4v) is 4.82. The number of benzene rings is 2. The summed E-state index contributed by atoms with van der Waals surface area (Å²) in [7, 11) is 1.41. The fourth-order valence-electron chi connectivity index (χ4n) is 4.82. The molecule has 2 aromatic rings. The number of carbonyl (C=O) groups is 1. The first kappa shape index (κ1) is 23.3. The van der Waals surface area contributed by atoms with Crippen LogP contribution in [0.1, 0.15) is 61.9 Å². The van der Waals surface area contributed by atoms with E-state index in [4.69, 9.17) is 9.47 Å². The Morgan fingerprint density at radius 3 is 2.67 bits per heavy atom. The number of allylic oxidation sites excluding steroid dienone is 1. The first-order valence-corrected chi connectivity index (χ1v) is 12.2. The lowest BCUT2D eigenvalue weighted by Crippen LogP contribution is -2.32. The zero-order valence-corrected chi connectivity index (χ0v) is 20.0. The third-order valence-electron chi connectivity index (χ3n) is 6.72. The molecule has 0 spiro atoms. The molecule has 1 aliphatic carbocycles. The van der Waals surface area contributed by atoms with Crippen molar-refractivity contribution in [3.05, 3.63) is 83.2 Å². The van der Waals surface area contributed by atoms with Gasteiger partial charge in [-0.1, -0.05) is 62.7 Å². The number of nitrogens with zero attached hydrogens (tertiary/aromatic N) is 1. The molecule has 0 saturated heterocycles. The van der Waals surface area contributed by atoms with Gasteiger partial charge in [-0.05, 0) is 66.0 Å². The van der Waals surface area contributed by atoms with Gasteiger partial charge < -0.3 is 14.4 Å². The lowest BCUT2D eigenvalue weighted by molar-refractivity contribution is 0.0601. The standard InChI is InChI=1S/C29H35NO3/c1-4-5-17-30-18-16-28(26-19-21(2)10-15-27(26)30)33-20-22-11-13-23(14-12-22)24-8-6-7-9-25(24)29(31)32-3/h6-9,11-14,16,18,21,28H,4-5,10,15,17,19-20H2,1-3H3. The molecule has 4 nitrogen and oxygen atoms in total. The number of esters is 1. The molecule has 4 rings (SSSR count). The quantitative estimate of drug-likeness (QED) is 0.422. The van der Waals surface area contributed by atoms with Crippen LogP contribution in [0.5, 0.6) is 0 Å².